The van der Waals surface area contributed by atoms with Gasteiger partial charge < -0.3 is 5.32 Å². The quantitative estimate of drug-likeness (QED) is 0.745. The minimum absolute atomic E-state index is 0.112. The van der Waals surface area contributed by atoms with E-state index in [0.717, 1.165) is 28.8 Å². The fourth-order valence-corrected chi connectivity index (χ4v) is 2.53. The molecule has 28 heavy (non-hydrogen) atoms. The zero-order valence-corrected chi connectivity index (χ0v) is 15.0. The Bertz CT molecular complexity index is 1010. The molecule has 1 aromatic heterocycles. The molecule has 1 heterocycles. The van der Waals surface area contributed by atoms with Gasteiger partial charge in [0.2, 0.25) is 0 Å². The summed E-state index contributed by atoms with van der Waals surface area (Å²) in [5.74, 6) is -2.67. The average molecular weight is 383 g/mol. The number of amides is 1. The first-order valence-corrected chi connectivity index (χ1v) is 8.01. The molecular weight excluding hydrogens is 368 g/mol. The van der Waals surface area contributed by atoms with E-state index in [1.807, 2.05) is 32.0 Å². The van der Waals surface area contributed by atoms with E-state index >= 15 is 0 Å². The molecule has 0 atom stereocenters. The van der Waals surface area contributed by atoms with Gasteiger partial charge in [-0.15, -0.1) is 0 Å². The van der Waals surface area contributed by atoms with Crippen LogP contribution in [0.4, 0.5) is 14.6 Å². The summed E-state index contributed by atoms with van der Waals surface area (Å²) in [6.45, 7) is 3.98. The normalized spacial score (nSPS) is 9.71. The Morgan fingerprint density at radius 2 is 1.64 bits per heavy atom. The minimum Gasteiger partial charge on any atom is -0.305 e. The van der Waals surface area contributed by atoms with Crippen LogP contribution in [-0.2, 0) is 9.59 Å². The lowest BCUT2D eigenvalue weighted by molar-refractivity contribution is -0.191. The molecule has 1 amide bonds. The smallest absolute Gasteiger partial charge is 0.305 e. The molecule has 2 aromatic carbocycles. The number of halogens is 2. The maximum Gasteiger partial charge on any atom is 0.373 e. The number of nitrogens with one attached hydrogen (secondary N) is 1. The molecule has 0 radical (unpaired) electrons. The third-order valence-electron chi connectivity index (χ3n) is 3.74. The molecule has 0 aliphatic heterocycles. The lowest BCUT2D eigenvalue weighted by Gasteiger charge is -2.08. The first kappa shape index (κ1) is 20.5. The third kappa shape index (κ3) is 4.90. The molecular formula is C20H15F2N3O3. The summed E-state index contributed by atoms with van der Waals surface area (Å²) in [5.41, 5.74) is 3.12. The van der Waals surface area contributed by atoms with Crippen LogP contribution in [-0.4, -0.2) is 22.0 Å². The number of benzene rings is 2. The van der Waals surface area contributed by atoms with Crippen molar-refractivity contribution in [2.75, 3.05) is 5.32 Å². The molecule has 0 aliphatic carbocycles. The second-order valence-corrected chi connectivity index (χ2v) is 5.74. The van der Waals surface area contributed by atoms with Gasteiger partial charge in [0, 0.05) is 5.56 Å². The maximum atomic E-state index is 13.6. The van der Waals surface area contributed by atoms with E-state index in [0.29, 0.717) is 5.69 Å². The highest BCUT2D eigenvalue weighted by molar-refractivity contribution is 6.04. The van der Waals surface area contributed by atoms with Crippen LogP contribution in [0, 0.1) is 25.5 Å². The third-order valence-corrected chi connectivity index (χ3v) is 3.74. The summed E-state index contributed by atoms with van der Waals surface area (Å²) in [5, 5.41) is 2.35. The van der Waals surface area contributed by atoms with Crippen LogP contribution in [0.5, 0.6) is 0 Å². The van der Waals surface area contributed by atoms with Crippen LogP contribution in [0.1, 0.15) is 21.5 Å². The predicted molar refractivity (Wildman–Crippen MR) is 96.3 cm³/mol. The number of anilines is 1. The fourth-order valence-electron chi connectivity index (χ4n) is 2.53. The van der Waals surface area contributed by atoms with Crippen LogP contribution in [0.15, 0.2) is 48.8 Å². The number of hydrogen-bond donors (Lipinski definition) is 1. The van der Waals surface area contributed by atoms with Gasteiger partial charge in [0.1, 0.15) is 17.2 Å². The van der Waals surface area contributed by atoms with E-state index < -0.39 is 23.1 Å². The molecule has 0 aliphatic rings. The van der Waals surface area contributed by atoms with Crippen LogP contribution in [0.25, 0.3) is 11.3 Å². The molecule has 0 bridgehead atoms. The van der Waals surface area contributed by atoms with Crippen LogP contribution in [0.2, 0.25) is 0 Å². The van der Waals surface area contributed by atoms with Crippen molar-refractivity contribution in [1.29, 1.82) is 0 Å². The number of hydrogen-bond acceptors (Lipinski definition) is 5. The molecule has 0 unspecified atom stereocenters. The lowest BCUT2D eigenvalue weighted by Crippen LogP contribution is -2.16. The predicted octanol–water partition coefficient (Wildman–Crippen LogP) is 3.71. The van der Waals surface area contributed by atoms with Crippen molar-refractivity contribution in [3.05, 3.63) is 77.1 Å². The van der Waals surface area contributed by atoms with Crippen molar-refractivity contribution in [2.45, 2.75) is 13.8 Å². The molecule has 3 aromatic rings. The molecule has 8 heteroatoms. The van der Waals surface area contributed by atoms with E-state index in [1.165, 1.54) is 18.5 Å². The Balaban J connectivity index is 0.000000878. The van der Waals surface area contributed by atoms with Gasteiger partial charge in [-0.05, 0) is 31.5 Å². The summed E-state index contributed by atoms with van der Waals surface area (Å²) in [4.78, 5) is 36.7. The number of aryl methyl sites for hydroxylation is 2. The van der Waals surface area contributed by atoms with Gasteiger partial charge in [-0.1, -0.05) is 29.8 Å². The molecule has 0 spiro atoms. The summed E-state index contributed by atoms with van der Waals surface area (Å²) < 4.78 is 27.3. The summed E-state index contributed by atoms with van der Waals surface area (Å²) in [7, 11) is 0. The van der Waals surface area contributed by atoms with E-state index in [-0.39, 0.29) is 12.0 Å². The van der Waals surface area contributed by atoms with Crippen LogP contribution in [0.3, 0.4) is 0 Å². The Morgan fingerprint density at radius 3 is 2.18 bits per heavy atom. The molecule has 6 nitrogen and oxygen atoms in total. The zero-order valence-electron chi connectivity index (χ0n) is 15.0. The van der Waals surface area contributed by atoms with Gasteiger partial charge in [-0.25, -0.2) is 13.8 Å². The van der Waals surface area contributed by atoms with Gasteiger partial charge in [0.25, 0.3) is 5.91 Å². The van der Waals surface area contributed by atoms with E-state index in [9.17, 15) is 13.6 Å². The maximum absolute atomic E-state index is 13.6. The molecule has 0 saturated carbocycles. The Morgan fingerprint density at radius 1 is 1.00 bits per heavy atom. The minimum atomic E-state index is -0.933. The molecule has 0 fully saturated rings. The standard InChI is InChI=1S/C19H15F2N3O.CO2/c1-11-6-7-13(12(2)8-11)16-9-23-17(10-22-16)24-19(25)18-14(20)4-3-5-15(18)21;2-1-3/h3-10H,1-2H3,(H,23,24,25);. The van der Waals surface area contributed by atoms with Gasteiger partial charge in [0.05, 0.1) is 18.1 Å². The molecule has 0 saturated heterocycles. The van der Waals surface area contributed by atoms with Crippen molar-refractivity contribution in [2.24, 2.45) is 0 Å². The van der Waals surface area contributed by atoms with Crippen LogP contribution < -0.4 is 5.32 Å². The Kier molecular flexibility index (Phi) is 6.79. The highest BCUT2D eigenvalue weighted by atomic mass is 19.1. The molecule has 142 valence electrons. The number of aromatic nitrogens is 2. The number of rotatable bonds is 3. The van der Waals surface area contributed by atoms with Gasteiger partial charge in [0.15, 0.2) is 5.82 Å². The van der Waals surface area contributed by atoms with Crippen molar-refractivity contribution < 1.29 is 23.2 Å². The topological polar surface area (TPSA) is 89.0 Å². The molecule has 1 N–H and O–H groups in total. The second kappa shape index (κ2) is 9.25. The zero-order chi connectivity index (χ0) is 20.7. The summed E-state index contributed by atoms with van der Waals surface area (Å²) in [6.07, 6.45) is 3.11. The van der Waals surface area contributed by atoms with E-state index in [2.05, 4.69) is 15.3 Å². The highest BCUT2D eigenvalue weighted by Crippen LogP contribution is 2.22. The highest BCUT2D eigenvalue weighted by Gasteiger charge is 2.17. The molecule has 3 rings (SSSR count). The fraction of sp³-hybridized carbons (Fsp3) is 0.100. The first-order valence-electron chi connectivity index (χ1n) is 8.01. The monoisotopic (exact) mass is 383 g/mol. The average Bonchev–Trinajstić information content (AvgIpc) is 2.63. The summed E-state index contributed by atoms with van der Waals surface area (Å²) >= 11 is 0. The van der Waals surface area contributed by atoms with Crippen molar-refractivity contribution in [3.8, 4) is 11.3 Å². The Hall–Kier alpha value is -3.77. The van der Waals surface area contributed by atoms with E-state index in [4.69, 9.17) is 9.59 Å². The number of carbonyl (C=O) groups is 1. The van der Waals surface area contributed by atoms with Gasteiger partial charge in [-0.2, -0.15) is 9.59 Å². The Labute approximate surface area is 159 Å². The second-order valence-electron chi connectivity index (χ2n) is 5.74. The first-order chi connectivity index (χ1) is 13.4. The van der Waals surface area contributed by atoms with Gasteiger partial charge in [-0.3, -0.25) is 9.78 Å². The summed E-state index contributed by atoms with van der Waals surface area (Å²) in [6, 6.07) is 9.19. The van der Waals surface area contributed by atoms with Crippen molar-refractivity contribution >= 4 is 17.9 Å². The SMILES string of the molecule is Cc1ccc(-c2cnc(NC(=O)c3c(F)cccc3F)cn2)c(C)c1.O=C=O. The lowest BCUT2D eigenvalue weighted by atomic mass is 10.0. The van der Waals surface area contributed by atoms with Crippen LogP contribution >= 0.6 is 0 Å². The van der Waals surface area contributed by atoms with Crippen molar-refractivity contribution in [3.63, 3.8) is 0 Å². The number of carbonyl (C=O) groups excluding carboxylic acids is 3. The van der Waals surface area contributed by atoms with Crippen molar-refractivity contribution in [1.82, 2.24) is 9.97 Å². The number of nitrogens with zero attached hydrogens (tertiary/aromatic N) is 2. The largest absolute Gasteiger partial charge is 0.373 e. The van der Waals surface area contributed by atoms with E-state index in [1.54, 1.807) is 0 Å². The van der Waals surface area contributed by atoms with Gasteiger partial charge >= 0.3 is 6.15 Å².